The van der Waals surface area contributed by atoms with Gasteiger partial charge >= 0.3 is 0 Å². The normalized spacial score (nSPS) is 24.2. The van der Waals surface area contributed by atoms with E-state index in [1.54, 1.807) is 0 Å². The van der Waals surface area contributed by atoms with Crippen molar-refractivity contribution in [1.29, 1.82) is 0 Å². The van der Waals surface area contributed by atoms with Gasteiger partial charge in [0.15, 0.2) is 0 Å². The number of hydrogen-bond donors (Lipinski definition) is 0. The van der Waals surface area contributed by atoms with E-state index in [0.717, 1.165) is 18.8 Å². The molecule has 1 aromatic rings. The largest absolute Gasteiger partial charge is 0.300 e. The molecule has 1 atom stereocenters. The summed E-state index contributed by atoms with van der Waals surface area (Å²) in [6.45, 7) is 1.48. The Morgan fingerprint density at radius 1 is 1.25 bits per heavy atom. The first-order chi connectivity index (χ1) is 7.84. The van der Waals surface area contributed by atoms with Gasteiger partial charge in [-0.25, -0.2) is 0 Å². The Morgan fingerprint density at radius 2 is 2.06 bits per heavy atom. The van der Waals surface area contributed by atoms with Gasteiger partial charge in [0.05, 0.1) is 0 Å². The van der Waals surface area contributed by atoms with Crippen molar-refractivity contribution < 1.29 is 4.79 Å². The molecule has 3 nitrogen and oxygen atoms in total. The summed E-state index contributed by atoms with van der Waals surface area (Å²) in [5, 5.41) is 0. The van der Waals surface area contributed by atoms with E-state index in [1.807, 2.05) is 11.0 Å². The van der Waals surface area contributed by atoms with Crippen LogP contribution in [-0.4, -0.2) is 29.7 Å². The van der Waals surface area contributed by atoms with Gasteiger partial charge in [0.25, 0.3) is 0 Å². The quantitative estimate of drug-likeness (QED) is 0.701. The van der Waals surface area contributed by atoms with Gasteiger partial charge < -0.3 is 0 Å². The highest BCUT2D eigenvalue weighted by Crippen LogP contribution is 2.30. The van der Waals surface area contributed by atoms with Crippen LogP contribution < -0.4 is 0 Å². The van der Waals surface area contributed by atoms with Gasteiger partial charge in [0.1, 0.15) is 5.84 Å². The number of rotatable bonds is 1. The lowest BCUT2D eigenvalue weighted by Crippen LogP contribution is -2.35. The maximum Gasteiger partial charge on any atom is 0.229 e. The maximum absolute atomic E-state index is 11.7. The number of carbonyl (C=O) groups is 1. The zero-order chi connectivity index (χ0) is 11.0. The topological polar surface area (TPSA) is 32.7 Å². The van der Waals surface area contributed by atoms with Crippen LogP contribution in [0.3, 0.4) is 0 Å². The van der Waals surface area contributed by atoms with Gasteiger partial charge in [-0.15, -0.1) is 0 Å². The molecule has 3 rings (SSSR count). The molecular weight excluding hydrogens is 200 g/mol. The van der Waals surface area contributed by atoms with Crippen molar-refractivity contribution >= 4 is 11.7 Å². The molecule has 0 aliphatic carbocycles. The van der Waals surface area contributed by atoms with Crippen molar-refractivity contribution in [3.05, 3.63) is 35.9 Å². The molecule has 82 valence electrons. The van der Waals surface area contributed by atoms with Crippen LogP contribution in [0, 0.1) is 0 Å². The summed E-state index contributed by atoms with van der Waals surface area (Å²) in [5.41, 5.74) is 1.31. The second-order valence-corrected chi connectivity index (χ2v) is 4.36. The highest BCUT2D eigenvalue weighted by molar-refractivity contribution is 6.02. The van der Waals surface area contributed by atoms with Crippen LogP contribution in [-0.2, 0) is 4.79 Å². The Balaban J connectivity index is 1.86. The van der Waals surface area contributed by atoms with Gasteiger partial charge in [0.2, 0.25) is 5.91 Å². The number of aliphatic imine (C=N–C) groups is 1. The summed E-state index contributed by atoms with van der Waals surface area (Å²) >= 11 is 0. The van der Waals surface area contributed by atoms with Gasteiger partial charge in [-0.3, -0.25) is 14.7 Å². The predicted molar refractivity (Wildman–Crippen MR) is 62.4 cm³/mol. The molecule has 1 fully saturated rings. The molecule has 0 radical (unpaired) electrons. The average Bonchev–Trinajstić information content (AvgIpc) is 2.76. The van der Waals surface area contributed by atoms with E-state index < -0.39 is 0 Å². The van der Waals surface area contributed by atoms with Crippen LogP contribution in [0.4, 0.5) is 0 Å². The Bertz CT molecular complexity index is 439. The lowest BCUT2D eigenvalue weighted by Gasteiger charge is -2.20. The Kier molecular flexibility index (Phi) is 2.24. The molecule has 0 unspecified atom stereocenters. The molecule has 2 aliphatic rings. The zero-order valence-electron chi connectivity index (χ0n) is 9.10. The Hall–Kier alpha value is -1.64. The third-order valence-electron chi connectivity index (χ3n) is 3.34. The molecule has 2 aliphatic heterocycles. The summed E-state index contributed by atoms with van der Waals surface area (Å²) < 4.78 is 0. The highest BCUT2D eigenvalue weighted by Gasteiger charge is 2.34. The van der Waals surface area contributed by atoms with Crippen molar-refractivity contribution in [3.63, 3.8) is 0 Å². The summed E-state index contributed by atoms with van der Waals surface area (Å²) in [4.78, 5) is 18.0. The van der Waals surface area contributed by atoms with Crippen LogP contribution in [0.2, 0.25) is 0 Å². The molecule has 0 bridgehead atoms. The highest BCUT2D eigenvalue weighted by atomic mass is 16.2. The third kappa shape index (κ3) is 1.52. The minimum absolute atomic E-state index is 0.239. The lowest BCUT2D eigenvalue weighted by molar-refractivity contribution is -0.127. The molecular formula is C13H14N2O. The summed E-state index contributed by atoms with van der Waals surface area (Å²) in [6.07, 6.45) is 1.49. The van der Waals surface area contributed by atoms with Crippen LogP contribution in [0.15, 0.2) is 35.3 Å². The van der Waals surface area contributed by atoms with E-state index in [2.05, 4.69) is 29.3 Å². The molecule has 3 heteroatoms. The monoisotopic (exact) mass is 214 g/mol. The summed E-state index contributed by atoms with van der Waals surface area (Å²) in [6, 6.07) is 10.4. The first-order valence-corrected chi connectivity index (χ1v) is 5.73. The predicted octanol–water partition coefficient (Wildman–Crippen LogP) is 1.80. The summed E-state index contributed by atoms with van der Waals surface area (Å²) in [7, 11) is 0. The van der Waals surface area contributed by atoms with E-state index in [-0.39, 0.29) is 5.91 Å². The SMILES string of the molecule is O=C1CCN=C2C[C@@H](c3ccccc3)CN12. The van der Waals surface area contributed by atoms with Gasteiger partial charge in [-0.1, -0.05) is 30.3 Å². The van der Waals surface area contributed by atoms with E-state index >= 15 is 0 Å². The number of fused-ring (bicyclic) bond motifs is 1. The molecule has 1 saturated heterocycles. The number of amides is 1. The number of carbonyl (C=O) groups excluding carboxylic acids is 1. The molecule has 1 aromatic carbocycles. The number of hydrogen-bond acceptors (Lipinski definition) is 2. The van der Waals surface area contributed by atoms with Crippen molar-refractivity contribution in [2.75, 3.05) is 13.1 Å². The van der Waals surface area contributed by atoms with Gasteiger partial charge in [0, 0.05) is 31.8 Å². The molecule has 0 spiro atoms. The first kappa shape index (κ1) is 9.58. The fraction of sp³-hybridized carbons (Fsp3) is 0.385. The molecule has 0 saturated carbocycles. The fourth-order valence-electron chi connectivity index (χ4n) is 2.48. The Morgan fingerprint density at radius 3 is 2.81 bits per heavy atom. The standard InChI is InChI=1S/C13H14N2O/c16-13-6-7-14-12-8-11(9-15(12)13)10-4-2-1-3-5-10/h1-5,11H,6-9H2/t11-/m1/s1. The summed E-state index contributed by atoms with van der Waals surface area (Å²) in [5.74, 6) is 1.66. The molecule has 2 heterocycles. The molecule has 16 heavy (non-hydrogen) atoms. The van der Waals surface area contributed by atoms with Crippen molar-refractivity contribution in [2.45, 2.75) is 18.8 Å². The van der Waals surface area contributed by atoms with Crippen LogP contribution in [0.5, 0.6) is 0 Å². The molecule has 0 aromatic heterocycles. The lowest BCUT2D eigenvalue weighted by atomic mass is 9.98. The van der Waals surface area contributed by atoms with Gasteiger partial charge in [-0.05, 0) is 5.56 Å². The number of benzene rings is 1. The number of nitrogens with zero attached hydrogens (tertiary/aromatic N) is 2. The van der Waals surface area contributed by atoms with Gasteiger partial charge in [-0.2, -0.15) is 0 Å². The third-order valence-corrected chi connectivity index (χ3v) is 3.34. The van der Waals surface area contributed by atoms with Crippen LogP contribution in [0.25, 0.3) is 0 Å². The minimum atomic E-state index is 0.239. The number of amidine groups is 1. The Labute approximate surface area is 94.8 Å². The second-order valence-electron chi connectivity index (χ2n) is 4.36. The molecule has 0 N–H and O–H groups in total. The van der Waals surface area contributed by atoms with Crippen LogP contribution in [0.1, 0.15) is 24.3 Å². The minimum Gasteiger partial charge on any atom is -0.300 e. The van der Waals surface area contributed by atoms with E-state index in [1.165, 1.54) is 5.56 Å². The van der Waals surface area contributed by atoms with Crippen molar-refractivity contribution in [3.8, 4) is 0 Å². The van der Waals surface area contributed by atoms with Crippen molar-refractivity contribution in [1.82, 2.24) is 4.90 Å². The van der Waals surface area contributed by atoms with E-state index in [0.29, 0.717) is 18.9 Å². The second kappa shape index (κ2) is 3.74. The van der Waals surface area contributed by atoms with E-state index in [9.17, 15) is 4.79 Å². The first-order valence-electron chi connectivity index (χ1n) is 5.73. The zero-order valence-corrected chi connectivity index (χ0v) is 9.10. The molecule has 1 amide bonds. The average molecular weight is 214 g/mol. The fourth-order valence-corrected chi connectivity index (χ4v) is 2.48. The van der Waals surface area contributed by atoms with E-state index in [4.69, 9.17) is 0 Å². The smallest absolute Gasteiger partial charge is 0.229 e. The van der Waals surface area contributed by atoms with Crippen LogP contribution >= 0.6 is 0 Å². The maximum atomic E-state index is 11.7. The van der Waals surface area contributed by atoms with Crippen molar-refractivity contribution in [2.24, 2.45) is 4.99 Å².